The Morgan fingerprint density at radius 3 is 2.33 bits per heavy atom. The summed E-state index contributed by atoms with van der Waals surface area (Å²) in [5, 5.41) is 13.3. The van der Waals surface area contributed by atoms with Crippen molar-refractivity contribution in [2.24, 2.45) is 0 Å². The summed E-state index contributed by atoms with van der Waals surface area (Å²) < 4.78 is 0. The van der Waals surface area contributed by atoms with Gasteiger partial charge in [-0.3, -0.25) is 14.6 Å². The Morgan fingerprint density at radius 2 is 1.74 bits per heavy atom. The molecule has 0 saturated heterocycles. The summed E-state index contributed by atoms with van der Waals surface area (Å²) >= 11 is 6.07. The fraction of sp³-hybridized carbons (Fsp3) is 0.300. The quantitative estimate of drug-likeness (QED) is 0.825. The number of carboxylic acids is 1. The number of fused-ring (bicyclic) bond motifs is 1. The van der Waals surface area contributed by atoms with Gasteiger partial charge >= 0.3 is 5.97 Å². The number of likely N-dealkylation sites (N-methyl/N-ethyl adjacent to an activating group) is 1. The highest BCUT2D eigenvalue weighted by Gasteiger charge is 2.26. The average Bonchev–Trinajstić information content (AvgIpc) is 3.06. The van der Waals surface area contributed by atoms with E-state index in [1.165, 1.54) is 11.1 Å². The van der Waals surface area contributed by atoms with Crippen LogP contribution in [0.5, 0.6) is 0 Å². The molecule has 2 aromatic rings. The van der Waals surface area contributed by atoms with Gasteiger partial charge in [0, 0.05) is 30.8 Å². The molecule has 0 aliphatic carbocycles. The van der Waals surface area contributed by atoms with Crippen LogP contribution in [0.2, 0.25) is 5.02 Å². The molecule has 1 aliphatic heterocycles. The molecule has 0 saturated carbocycles. The highest BCUT2D eigenvalue weighted by Crippen LogP contribution is 2.26. The Labute approximate surface area is 163 Å². The lowest BCUT2D eigenvalue weighted by Gasteiger charge is -2.31. The molecule has 2 aromatic carbocycles. The molecule has 1 N–H and O–H groups in total. The Bertz CT molecular complexity index is 846. The third-order valence-corrected chi connectivity index (χ3v) is 5.01. The number of hydrogen-bond acceptors (Lipinski definition) is 4. The van der Waals surface area contributed by atoms with E-state index in [0.717, 1.165) is 5.56 Å². The minimum absolute atomic E-state index is 0.0448. The Balaban J connectivity index is 1.75. The zero-order valence-corrected chi connectivity index (χ0v) is 16.1. The van der Waals surface area contributed by atoms with E-state index in [4.69, 9.17) is 11.6 Å². The van der Waals surface area contributed by atoms with E-state index in [1.807, 2.05) is 30.1 Å². The minimum atomic E-state index is -1.00. The van der Waals surface area contributed by atoms with Crippen LogP contribution in [0.1, 0.15) is 16.7 Å². The fourth-order valence-corrected chi connectivity index (χ4v) is 3.43. The number of amides is 1. The fourth-order valence-electron chi connectivity index (χ4n) is 3.26. The van der Waals surface area contributed by atoms with Crippen molar-refractivity contribution in [3.63, 3.8) is 0 Å². The summed E-state index contributed by atoms with van der Waals surface area (Å²) in [6, 6.07) is 13.3. The maximum absolute atomic E-state index is 12.9. The van der Waals surface area contributed by atoms with Crippen molar-refractivity contribution >= 4 is 29.2 Å². The summed E-state index contributed by atoms with van der Waals surface area (Å²) in [4.78, 5) is 25.7. The molecule has 142 valence electrons. The third-order valence-electron chi connectivity index (χ3n) is 4.77. The molecule has 27 heavy (non-hydrogen) atoms. The lowest BCUT2D eigenvalue weighted by molar-refractivity contribution is -0.145. The van der Waals surface area contributed by atoms with Gasteiger partial charge < -0.3 is 10.0 Å². The zero-order valence-electron chi connectivity index (χ0n) is 15.4. The lowest BCUT2D eigenvalue weighted by Crippen LogP contribution is -2.47. The number of hydrazine groups is 1. The van der Waals surface area contributed by atoms with Crippen LogP contribution in [0.25, 0.3) is 0 Å². The van der Waals surface area contributed by atoms with Crippen molar-refractivity contribution in [1.29, 1.82) is 0 Å². The molecule has 7 heteroatoms. The number of carbonyl (C=O) groups excluding carboxylic acids is 1. The Kier molecular flexibility index (Phi) is 5.68. The predicted octanol–water partition coefficient (Wildman–Crippen LogP) is 2.93. The standard InChI is InChI=1S/C20H22ClN3O3/c1-14-7-8-17(21)9-18(14)23(13-20(26)27)12-19(25)22(2)24-10-15-5-3-4-6-16(15)11-24/h3-9H,10-13H2,1-2H3,(H,26,27). The highest BCUT2D eigenvalue weighted by molar-refractivity contribution is 6.30. The summed E-state index contributed by atoms with van der Waals surface area (Å²) in [7, 11) is 1.72. The van der Waals surface area contributed by atoms with Crippen molar-refractivity contribution in [1.82, 2.24) is 10.0 Å². The van der Waals surface area contributed by atoms with Gasteiger partial charge in [-0.25, -0.2) is 5.01 Å². The van der Waals surface area contributed by atoms with Crippen LogP contribution in [0, 0.1) is 6.92 Å². The molecular formula is C20H22ClN3O3. The molecule has 0 unspecified atom stereocenters. The molecule has 0 bridgehead atoms. The van der Waals surface area contributed by atoms with Gasteiger partial charge in [-0.2, -0.15) is 0 Å². The number of hydrogen-bond donors (Lipinski definition) is 1. The van der Waals surface area contributed by atoms with Crippen molar-refractivity contribution < 1.29 is 14.7 Å². The number of carboxylic acid groups (broad SMARTS) is 1. The van der Waals surface area contributed by atoms with E-state index >= 15 is 0 Å². The van der Waals surface area contributed by atoms with Crippen LogP contribution < -0.4 is 4.90 Å². The van der Waals surface area contributed by atoms with Crippen molar-refractivity contribution in [2.45, 2.75) is 20.0 Å². The van der Waals surface area contributed by atoms with Gasteiger partial charge in [0.1, 0.15) is 6.54 Å². The van der Waals surface area contributed by atoms with Crippen molar-refractivity contribution in [3.8, 4) is 0 Å². The van der Waals surface area contributed by atoms with Gasteiger partial charge in [0.15, 0.2) is 0 Å². The number of anilines is 1. The van der Waals surface area contributed by atoms with Crippen LogP contribution in [-0.2, 0) is 22.7 Å². The first-order chi connectivity index (χ1) is 12.8. The van der Waals surface area contributed by atoms with Gasteiger partial charge in [0.25, 0.3) is 5.91 Å². The maximum Gasteiger partial charge on any atom is 0.323 e. The normalized spacial score (nSPS) is 13.3. The molecule has 3 rings (SSSR count). The molecule has 1 amide bonds. The Morgan fingerprint density at radius 1 is 1.11 bits per heavy atom. The molecule has 1 aliphatic rings. The van der Waals surface area contributed by atoms with Crippen LogP contribution in [0.3, 0.4) is 0 Å². The molecule has 0 fully saturated rings. The molecule has 0 radical (unpaired) electrons. The number of benzene rings is 2. The number of aliphatic carboxylic acids is 1. The second kappa shape index (κ2) is 7.98. The predicted molar refractivity (Wildman–Crippen MR) is 104 cm³/mol. The molecule has 1 heterocycles. The van der Waals surface area contributed by atoms with Gasteiger partial charge in [0.2, 0.25) is 0 Å². The summed E-state index contributed by atoms with van der Waals surface area (Å²) in [6.07, 6.45) is 0. The first-order valence-corrected chi connectivity index (χ1v) is 9.04. The van der Waals surface area contributed by atoms with E-state index in [0.29, 0.717) is 23.8 Å². The monoisotopic (exact) mass is 387 g/mol. The van der Waals surface area contributed by atoms with E-state index in [1.54, 1.807) is 29.1 Å². The van der Waals surface area contributed by atoms with Crippen LogP contribution in [0.4, 0.5) is 5.69 Å². The minimum Gasteiger partial charge on any atom is -0.480 e. The number of rotatable bonds is 6. The average molecular weight is 388 g/mol. The summed E-state index contributed by atoms with van der Waals surface area (Å²) in [6.45, 7) is 2.87. The SMILES string of the molecule is Cc1ccc(Cl)cc1N(CC(=O)O)CC(=O)N(C)N1Cc2ccccc2C1. The number of halogens is 1. The maximum atomic E-state index is 12.9. The molecular weight excluding hydrogens is 366 g/mol. The second-order valence-corrected chi connectivity index (χ2v) is 7.13. The van der Waals surface area contributed by atoms with Gasteiger partial charge in [-0.1, -0.05) is 41.9 Å². The zero-order chi connectivity index (χ0) is 19.6. The van der Waals surface area contributed by atoms with E-state index in [9.17, 15) is 14.7 Å². The molecule has 0 atom stereocenters. The van der Waals surface area contributed by atoms with E-state index in [2.05, 4.69) is 12.1 Å². The first-order valence-electron chi connectivity index (χ1n) is 8.66. The first kappa shape index (κ1) is 19.2. The van der Waals surface area contributed by atoms with E-state index in [-0.39, 0.29) is 19.0 Å². The van der Waals surface area contributed by atoms with Gasteiger partial charge in [-0.15, -0.1) is 0 Å². The number of nitrogens with zero attached hydrogens (tertiary/aromatic N) is 3. The highest BCUT2D eigenvalue weighted by atomic mass is 35.5. The van der Waals surface area contributed by atoms with Crippen molar-refractivity contribution in [3.05, 3.63) is 64.2 Å². The number of carbonyl (C=O) groups is 2. The topological polar surface area (TPSA) is 64.1 Å². The summed E-state index contributed by atoms with van der Waals surface area (Å²) in [5.74, 6) is -1.18. The molecule has 6 nitrogen and oxygen atoms in total. The van der Waals surface area contributed by atoms with Crippen LogP contribution in [-0.4, -0.2) is 47.1 Å². The smallest absolute Gasteiger partial charge is 0.323 e. The largest absolute Gasteiger partial charge is 0.480 e. The van der Waals surface area contributed by atoms with E-state index < -0.39 is 5.97 Å². The summed E-state index contributed by atoms with van der Waals surface area (Å²) in [5.41, 5.74) is 3.91. The van der Waals surface area contributed by atoms with Crippen LogP contribution in [0.15, 0.2) is 42.5 Å². The lowest BCUT2D eigenvalue weighted by atomic mass is 10.1. The third kappa shape index (κ3) is 4.40. The number of aryl methyl sites for hydroxylation is 1. The van der Waals surface area contributed by atoms with Crippen molar-refractivity contribution in [2.75, 3.05) is 25.0 Å². The molecule has 0 spiro atoms. The van der Waals surface area contributed by atoms with Crippen LogP contribution >= 0.6 is 11.6 Å². The molecule has 0 aromatic heterocycles. The van der Waals surface area contributed by atoms with Gasteiger partial charge in [-0.05, 0) is 35.7 Å². The van der Waals surface area contributed by atoms with Gasteiger partial charge in [0.05, 0.1) is 6.54 Å². The second-order valence-electron chi connectivity index (χ2n) is 6.69. The Hall–Kier alpha value is -2.57.